The van der Waals surface area contributed by atoms with E-state index in [0.717, 1.165) is 6.54 Å². The number of hydrogen-bond donors (Lipinski definition) is 2. The molecule has 0 radical (unpaired) electrons. The molecule has 0 atom stereocenters. The number of anilines is 2. The molecule has 0 amide bonds. The number of aromatic nitrogens is 4. The van der Waals surface area contributed by atoms with Gasteiger partial charge in [-0.05, 0) is 39.1 Å². The van der Waals surface area contributed by atoms with Crippen molar-refractivity contribution in [2.45, 2.75) is 46.0 Å². The average molecular weight is 494 g/mol. The second-order valence-electron chi connectivity index (χ2n) is 8.22. The van der Waals surface area contributed by atoms with Crippen molar-refractivity contribution in [1.82, 2.24) is 24.5 Å². The summed E-state index contributed by atoms with van der Waals surface area (Å²) in [6, 6.07) is 3.43. The fourth-order valence-corrected chi connectivity index (χ4v) is 3.56. The first-order valence-corrected chi connectivity index (χ1v) is 11.4. The van der Waals surface area contributed by atoms with E-state index in [1.54, 1.807) is 45.1 Å². The van der Waals surface area contributed by atoms with Gasteiger partial charge in [0.1, 0.15) is 11.2 Å². The third kappa shape index (κ3) is 7.35. The number of nitrogens with two attached hydrogens (primary N) is 1. The predicted molar refractivity (Wildman–Crippen MR) is 133 cm³/mol. The van der Waals surface area contributed by atoms with Gasteiger partial charge < -0.3 is 16.0 Å². The van der Waals surface area contributed by atoms with E-state index in [2.05, 4.69) is 44.5 Å². The Morgan fingerprint density at radius 1 is 1.23 bits per heavy atom. The summed E-state index contributed by atoms with van der Waals surface area (Å²) >= 11 is 0. The summed E-state index contributed by atoms with van der Waals surface area (Å²) in [5.41, 5.74) is 8.15. The summed E-state index contributed by atoms with van der Waals surface area (Å²) in [5, 5.41) is 14.6. The smallest absolute Gasteiger partial charge is 0.260 e. The number of fused-ring (bicyclic) bond motifs is 1. The summed E-state index contributed by atoms with van der Waals surface area (Å²) in [4.78, 5) is 10.2. The number of hydrogen-bond acceptors (Lipinski definition) is 8. The molecule has 4 rings (SSSR count). The van der Waals surface area contributed by atoms with Gasteiger partial charge in [0.05, 0.1) is 29.7 Å². The van der Waals surface area contributed by atoms with Crippen molar-refractivity contribution in [3.8, 4) is 11.3 Å². The van der Waals surface area contributed by atoms with Crippen LogP contribution in [0.1, 0.15) is 38.8 Å². The molecule has 0 aromatic carbocycles. The third-order valence-electron chi connectivity index (χ3n) is 4.94. The molecule has 1 saturated heterocycles. The van der Waals surface area contributed by atoms with E-state index in [4.69, 9.17) is 5.73 Å². The van der Waals surface area contributed by atoms with Crippen LogP contribution in [0.4, 0.5) is 30.6 Å². The van der Waals surface area contributed by atoms with Crippen LogP contribution in [-0.4, -0.2) is 64.6 Å². The first-order chi connectivity index (χ1) is 16.6. The zero-order valence-corrected chi connectivity index (χ0v) is 21.1. The minimum Gasteiger partial charge on any atom is -0.371 e. The molecule has 1 aliphatic rings. The van der Waals surface area contributed by atoms with Crippen LogP contribution >= 0.6 is 0 Å². The van der Waals surface area contributed by atoms with Crippen LogP contribution < -0.4 is 11.1 Å². The second kappa shape index (κ2) is 12.4. The van der Waals surface area contributed by atoms with E-state index in [0.29, 0.717) is 40.4 Å². The van der Waals surface area contributed by atoms with Crippen LogP contribution in [0, 0.1) is 12.7 Å². The highest BCUT2D eigenvalue weighted by Gasteiger charge is 2.33. The monoisotopic (exact) mass is 493 g/mol. The summed E-state index contributed by atoms with van der Waals surface area (Å²) in [5.74, 6) is -2.41. The lowest BCUT2D eigenvalue weighted by Gasteiger charge is -2.28. The first kappa shape index (κ1) is 28.0. The van der Waals surface area contributed by atoms with Gasteiger partial charge in [-0.2, -0.15) is 15.2 Å². The maximum atomic E-state index is 14.5. The lowest BCUT2D eigenvalue weighted by molar-refractivity contribution is -0.0571. The highest BCUT2D eigenvalue weighted by molar-refractivity contribution is 5.88. The maximum absolute atomic E-state index is 14.5. The molecule has 0 spiro atoms. The van der Waals surface area contributed by atoms with Gasteiger partial charge in [-0.3, -0.25) is 4.98 Å². The molecule has 12 heteroatoms. The number of nitrogens with one attached hydrogen (secondary N) is 1. The summed E-state index contributed by atoms with van der Waals surface area (Å²) < 4.78 is 40.7. The van der Waals surface area contributed by atoms with Crippen LogP contribution in [0.3, 0.4) is 0 Å². The highest BCUT2D eigenvalue weighted by Crippen LogP contribution is 2.33. The standard InChI is InChI=1S/C14H15FN8.C6H11F2N.C3H8/c1-7-9(21-18-3)4-5-10(19-7)11-8(15)6-23-12(11)13(17-2)20-14(16)22-23;1-9-4-2-3-6(7,8)5-9;1-3-2/h4-6H,1-3H3,(H3,16,17,20,22);2-5H2,1H3;3H2,1-2H3. The molecule has 0 saturated carbocycles. The van der Waals surface area contributed by atoms with Crippen molar-refractivity contribution < 1.29 is 13.2 Å². The van der Waals surface area contributed by atoms with Gasteiger partial charge in [-0.1, -0.05) is 20.3 Å². The van der Waals surface area contributed by atoms with Gasteiger partial charge in [0.25, 0.3) is 5.92 Å². The second-order valence-corrected chi connectivity index (χ2v) is 8.22. The molecule has 3 N–H and O–H groups in total. The fourth-order valence-electron chi connectivity index (χ4n) is 3.56. The Labute approximate surface area is 203 Å². The van der Waals surface area contributed by atoms with Gasteiger partial charge in [0.15, 0.2) is 11.6 Å². The summed E-state index contributed by atoms with van der Waals surface area (Å²) in [6.07, 6.45) is 3.20. The number of aryl methyl sites for hydroxylation is 1. The number of azo groups is 1. The predicted octanol–water partition coefficient (Wildman–Crippen LogP) is 5.34. The fraction of sp³-hybridized carbons (Fsp3) is 0.522. The number of piperidine rings is 1. The topological polar surface area (TPSA) is 109 Å². The number of nitrogens with zero attached hydrogens (tertiary/aromatic N) is 7. The van der Waals surface area contributed by atoms with E-state index in [1.165, 1.54) is 17.1 Å². The van der Waals surface area contributed by atoms with Crippen LogP contribution in [-0.2, 0) is 0 Å². The lowest BCUT2D eigenvalue weighted by atomic mass is 10.1. The van der Waals surface area contributed by atoms with Gasteiger partial charge in [-0.25, -0.2) is 17.7 Å². The minimum atomic E-state index is -2.42. The zero-order valence-electron chi connectivity index (χ0n) is 21.1. The molecule has 0 aliphatic carbocycles. The maximum Gasteiger partial charge on any atom is 0.260 e. The highest BCUT2D eigenvalue weighted by atomic mass is 19.3. The molecular weight excluding hydrogens is 459 g/mol. The van der Waals surface area contributed by atoms with Gasteiger partial charge in [0, 0.05) is 20.5 Å². The van der Waals surface area contributed by atoms with E-state index in [1.807, 2.05) is 0 Å². The Bertz CT molecular complexity index is 1140. The molecule has 0 bridgehead atoms. The average Bonchev–Trinajstić information content (AvgIpc) is 3.10. The SMILES string of the molecule is CCC.CN1CCCC(F)(F)C1.CN=Nc1ccc(-c2c(F)cn3nc(N)nc(NC)c23)nc1C. The van der Waals surface area contributed by atoms with E-state index < -0.39 is 11.7 Å². The molecular formula is C23H34F3N9. The quantitative estimate of drug-likeness (QED) is 0.477. The number of alkyl halides is 2. The number of halogens is 3. The Balaban J connectivity index is 0.000000299. The third-order valence-corrected chi connectivity index (χ3v) is 4.94. The van der Waals surface area contributed by atoms with Crippen molar-refractivity contribution in [2.24, 2.45) is 10.2 Å². The van der Waals surface area contributed by atoms with Crippen LogP contribution in [0.25, 0.3) is 16.8 Å². The number of rotatable bonds is 3. The minimum absolute atomic E-state index is 0.0474. The largest absolute Gasteiger partial charge is 0.371 e. The van der Waals surface area contributed by atoms with Crippen LogP contribution in [0.2, 0.25) is 0 Å². The Morgan fingerprint density at radius 2 is 1.91 bits per heavy atom. The summed E-state index contributed by atoms with van der Waals surface area (Å²) in [7, 11) is 4.99. The zero-order chi connectivity index (χ0) is 26.2. The molecule has 1 aliphatic heterocycles. The van der Waals surface area contributed by atoms with E-state index >= 15 is 0 Å². The number of pyridine rings is 1. The first-order valence-electron chi connectivity index (χ1n) is 11.4. The Kier molecular flexibility index (Phi) is 9.93. The van der Waals surface area contributed by atoms with Crippen molar-refractivity contribution in [3.63, 3.8) is 0 Å². The van der Waals surface area contributed by atoms with Crippen molar-refractivity contribution >= 4 is 23.0 Å². The Morgan fingerprint density at radius 3 is 2.43 bits per heavy atom. The van der Waals surface area contributed by atoms with Crippen molar-refractivity contribution in [1.29, 1.82) is 0 Å². The lowest BCUT2D eigenvalue weighted by Crippen LogP contribution is -2.39. The molecule has 4 heterocycles. The molecule has 9 nitrogen and oxygen atoms in total. The summed E-state index contributed by atoms with van der Waals surface area (Å²) in [6.45, 7) is 6.79. The van der Waals surface area contributed by atoms with Crippen molar-refractivity contribution in [3.05, 3.63) is 29.8 Å². The normalized spacial score (nSPS) is 15.3. The van der Waals surface area contributed by atoms with Crippen LogP contribution in [0.15, 0.2) is 28.6 Å². The van der Waals surface area contributed by atoms with Gasteiger partial charge in [0.2, 0.25) is 5.95 Å². The van der Waals surface area contributed by atoms with Crippen molar-refractivity contribution in [2.75, 3.05) is 45.3 Å². The van der Waals surface area contributed by atoms with Crippen LogP contribution in [0.5, 0.6) is 0 Å². The number of nitrogen functional groups attached to an aromatic ring is 1. The van der Waals surface area contributed by atoms with E-state index in [9.17, 15) is 13.2 Å². The number of likely N-dealkylation sites (tertiary alicyclic amines) is 1. The van der Waals surface area contributed by atoms with Gasteiger partial charge >= 0.3 is 0 Å². The molecule has 192 valence electrons. The molecule has 1 fully saturated rings. The van der Waals surface area contributed by atoms with E-state index in [-0.39, 0.29) is 18.9 Å². The molecule has 0 unspecified atom stereocenters. The Hall–Kier alpha value is -3.28. The molecule has 3 aromatic rings. The van der Waals surface area contributed by atoms with Gasteiger partial charge in [-0.15, -0.1) is 5.10 Å². The molecule has 3 aromatic heterocycles. The molecule has 35 heavy (non-hydrogen) atoms.